The minimum atomic E-state index is -0.792. The quantitative estimate of drug-likeness (QED) is 0.796. The predicted molar refractivity (Wildman–Crippen MR) is 87.0 cm³/mol. The molecule has 5 nitrogen and oxygen atoms in total. The van der Waals surface area contributed by atoms with Crippen LogP contribution in [0.5, 0.6) is 0 Å². The highest BCUT2D eigenvalue weighted by molar-refractivity contribution is 5.89. The molecule has 3 fully saturated rings. The van der Waals surface area contributed by atoms with Gasteiger partial charge in [-0.2, -0.15) is 0 Å². The number of esters is 1. The van der Waals surface area contributed by atoms with Gasteiger partial charge in [-0.3, -0.25) is 4.79 Å². The summed E-state index contributed by atoms with van der Waals surface area (Å²) in [6, 6.07) is 9.26. The summed E-state index contributed by atoms with van der Waals surface area (Å²) in [5, 5.41) is 0. The third-order valence-corrected chi connectivity index (χ3v) is 6.36. The van der Waals surface area contributed by atoms with Crippen molar-refractivity contribution in [1.82, 2.24) is 4.90 Å². The van der Waals surface area contributed by atoms with E-state index in [2.05, 4.69) is 6.92 Å². The fraction of sp³-hybridized carbons (Fsp3) is 0.579. The minimum absolute atomic E-state index is 0.0269. The van der Waals surface area contributed by atoms with Crippen LogP contribution in [0.1, 0.15) is 37.9 Å². The van der Waals surface area contributed by atoms with Crippen LogP contribution in [0.2, 0.25) is 0 Å². The van der Waals surface area contributed by atoms with Crippen LogP contribution < -0.4 is 0 Å². The molecule has 2 saturated heterocycles. The van der Waals surface area contributed by atoms with E-state index < -0.39 is 18.2 Å². The highest BCUT2D eigenvalue weighted by atomic mass is 16.6. The summed E-state index contributed by atoms with van der Waals surface area (Å²) >= 11 is 0. The number of amides is 1. The molecule has 1 aliphatic carbocycles. The van der Waals surface area contributed by atoms with Crippen molar-refractivity contribution in [2.75, 3.05) is 13.7 Å². The van der Waals surface area contributed by atoms with Gasteiger partial charge in [-0.15, -0.1) is 0 Å². The van der Waals surface area contributed by atoms with Crippen molar-refractivity contribution in [3.8, 4) is 0 Å². The number of carbonyl (C=O) groups excluding carboxylic acids is 2. The van der Waals surface area contributed by atoms with Gasteiger partial charge in [-0.05, 0) is 37.7 Å². The first-order valence-electron chi connectivity index (χ1n) is 8.67. The molecule has 1 aromatic carbocycles. The van der Waals surface area contributed by atoms with Gasteiger partial charge in [-0.25, -0.2) is 4.79 Å². The summed E-state index contributed by atoms with van der Waals surface area (Å²) in [6.45, 7) is 2.95. The molecular weight excluding hydrogens is 306 g/mol. The Kier molecular flexibility index (Phi) is 3.64. The summed E-state index contributed by atoms with van der Waals surface area (Å²) in [5.41, 5.74) is 0.614. The second-order valence-electron chi connectivity index (χ2n) is 7.27. The Labute approximate surface area is 141 Å². The molecule has 3 aliphatic rings. The lowest BCUT2D eigenvalue weighted by Gasteiger charge is -2.31. The normalized spacial score (nSPS) is 35.2. The van der Waals surface area contributed by atoms with Gasteiger partial charge in [0, 0.05) is 25.1 Å². The molecule has 5 heteroatoms. The number of nitrogens with zero attached hydrogens (tertiary/aromatic N) is 1. The van der Waals surface area contributed by atoms with Gasteiger partial charge < -0.3 is 14.4 Å². The van der Waals surface area contributed by atoms with Crippen LogP contribution in [0.15, 0.2) is 30.3 Å². The Morgan fingerprint density at radius 2 is 2.00 bits per heavy atom. The zero-order valence-electron chi connectivity index (χ0n) is 14.1. The van der Waals surface area contributed by atoms with Crippen LogP contribution in [0, 0.1) is 11.8 Å². The Hall–Kier alpha value is -1.88. The average molecular weight is 329 g/mol. The van der Waals surface area contributed by atoms with E-state index in [0.29, 0.717) is 5.92 Å². The standard InChI is InChI=1S/C19H23NO4/c1-19-13-8-9-14(19)16(17(21)20(19)11-10-13)24-18(22)15(23-2)12-6-4-3-5-7-12/h3-7,13-16H,8-11H2,1-2H3/t13?,14?,15-,16+,19?/m0/s1. The Balaban J connectivity index is 1.55. The largest absolute Gasteiger partial charge is 0.450 e. The van der Waals surface area contributed by atoms with Crippen molar-refractivity contribution in [3.05, 3.63) is 35.9 Å². The third-order valence-electron chi connectivity index (χ3n) is 6.36. The molecule has 0 bridgehead atoms. The van der Waals surface area contributed by atoms with E-state index >= 15 is 0 Å². The summed E-state index contributed by atoms with van der Waals surface area (Å²) < 4.78 is 11.1. The summed E-state index contributed by atoms with van der Waals surface area (Å²) in [4.78, 5) is 27.4. The number of hydrogen-bond donors (Lipinski definition) is 0. The zero-order chi connectivity index (χ0) is 16.9. The molecule has 0 aromatic heterocycles. The lowest BCUT2D eigenvalue weighted by molar-refractivity contribution is -0.167. The van der Waals surface area contributed by atoms with Crippen molar-refractivity contribution in [2.24, 2.45) is 11.8 Å². The lowest BCUT2D eigenvalue weighted by Crippen LogP contribution is -2.42. The van der Waals surface area contributed by atoms with Gasteiger partial charge in [0.05, 0.1) is 0 Å². The number of carbonyl (C=O) groups is 2. The van der Waals surface area contributed by atoms with E-state index in [-0.39, 0.29) is 17.4 Å². The summed E-state index contributed by atoms with van der Waals surface area (Å²) in [6.07, 6.45) is 1.69. The van der Waals surface area contributed by atoms with E-state index in [9.17, 15) is 9.59 Å². The maximum absolute atomic E-state index is 12.8. The van der Waals surface area contributed by atoms with Gasteiger partial charge >= 0.3 is 5.97 Å². The van der Waals surface area contributed by atoms with Crippen molar-refractivity contribution in [3.63, 3.8) is 0 Å². The van der Waals surface area contributed by atoms with Crippen LogP contribution >= 0.6 is 0 Å². The van der Waals surface area contributed by atoms with Crippen LogP contribution in [0.4, 0.5) is 0 Å². The van der Waals surface area contributed by atoms with Gasteiger partial charge in [-0.1, -0.05) is 30.3 Å². The molecule has 2 heterocycles. The molecule has 1 amide bonds. The fourth-order valence-electron chi connectivity index (χ4n) is 5.10. The average Bonchev–Trinajstić information content (AvgIpc) is 3.15. The number of hydrogen-bond acceptors (Lipinski definition) is 4. The summed E-state index contributed by atoms with van der Waals surface area (Å²) in [7, 11) is 1.49. The second-order valence-corrected chi connectivity index (χ2v) is 7.27. The maximum Gasteiger partial charge on any atom is 0.340 e. The molecule has 2 aliphatic heterocycles. The molecule has 1 aromatic rings. The Morgan fingerprint density at radius 1 is 1.25 bits per heavy atom. The van der Waals surface area contributed by atoms with Gasteiger partial charge in [0.1, 0.15) is 0 Å². The van der Waals surface area contributed by atoms with Gasteiger partial charge in [0.15, 0.2) is 12.2 Å². The molecule has 128 valence electrons. The first-order chi connectivity index (χ1) is 11.6. The van der Waals surface area contributed by atoms with Crippen molar-refractivity contribution < 1.29 is 19.1 Å². The smallest absolute Gasteiger partial charge is 0.340 e. The molecule has 24 heavy (non-hydrogen) atoms. The van der Waals surface area contributed by atoms with Gasteiger partial charge in [0.2, 0.25) is 0 Å². The van der Waals surface area contributed by atoms with Crippen molar-refractivity contribution >= 4 is 11.9 Å². The van der Waals surface area contributed by atoms with Crippen LogP contribution in [-0.2, 0) is 19.1 Å². The minimum Gasteiger partial charge on any atom is -0.450 e. The van der Waals surface area contributed by atoms with Crippen molar-refractivity contribution in [2.45, 2.75) is 43.9 Å². The Morgan fingerprint density at radius 3 is 2.71 bits per heavy atom. The molecule has 4 rings (SSSR count). The maximum atomic E-state index is 12.8. The van der Waals surface area contributed by atoms with Crippen LogP contribution in [-0.4, -0.2) is 42.1 Å². The molecule has 1 saturated carbocycles. The Bertz CT molecular complexity index is 661. The molecule has 3 unspecified atom stereocenters. The second kappa shape index (κ2) is 5.59. The van der Waals surface area contributed by atoms with E-state index in [1.165, 1.54) is 7.11 Å². The van der Waals surface area contributed by atoms with E-state index in [4.69, 9.17) is 9.47 Å². The molecule has 0 radical (unpaired) electrons. The first kappa shape index (κ1) is 15.6. The first-order valence-corrected chi connectivity index (χ1v) is 8.67. The number of methoxy groups -OCH3 is 1. The number of ether oxygens (including phenoxy) is 2. The lowest BCUT2D eigenvalue weighted by atomic mass is 9.84. The van der Waals surface area contributed by atoms with E-state index in [1.54, 1.807) is 0 Å². The predicted octanol–water partition coefficient (Wildman–Crippen LogP) is 2.32. The highest BCUT2D eigenvalue weighted by Gasteiger charge is 2.66. The number of rotatable bonds is 4. The topological polar surface area (TPSA) is 55.8 Å². The monoisotopic (exact) mass is 329 g/mol. The SMILES string of the molecule is CO[C@H](C(=O)O[C@H]1C(=O)N2CCC3CCC1C32C)c1ccccc1. The fourth-order valence-corrected chi connectivity index (χ4v) is 5.10. The van der Waals surface area contributed by atoms with Crippen LogP contribution in [0.25, 0.3) is 0 Å². The summed E-state index contributed by atoms with van der Waals surface area (Å²) in [5.74, 6) is 0.147. The van der Waals surface area contributed by atoms with E-state index in [1.807, 2.05) is 35.2 Å². The van der Waals surface area contributed by atoms with Crippen molar-refractivity contribution in [1.29, 1.82) is 0 Å². The van der Waals surface area contributed by atoms with Crippen LogP contribution in [0.3, 0.4) is 0 Å². The molecule has 5 atom stereocenters. The molecule has 0 spiro atoms. The molecular formula is C19H23NO4. The number of benzene rings is 1. The van der Waals surface area contributed by atoms with Gasteiger partial charge in [0.25, 0.3) is 5.91 Å². The molecule has 0 N–H and O–H groups in total. The zero-order valence-corrected chi connectivity index (χ0v) is 14.1. The third kappa shape index (κ3) is 2.04. The highest BCUT2D eigenvalue weighted by Crippen LogP contribution is 2.56. The van der Waals surface area contributed by atoms with E-state index in [0.717, 1.165) is 31.4 Å².